The summed E-state index contributed by atoms with van der Waals surface area (Å²) >= 11 is 0. The van der Waals surface area contributed by atoms with Crippen molar-refractivity contribution in [2.75, 3.05) is 5.73 Å². The Hall–Kier alpha value is -1.12. The molecule has 0 unspecified atom stereocenters. The molecule has 3 nitrogen and oxygen atoms in total. The van der Waals surface area contributed by atoms with Crippen LogP contribution < -0.4 is 5.73 Å². The zero-order chi connectivity index (χ0) is 12.5. The number of hydrogen-bond acceptors (Lipinski definition) is 3. The molecule has 0 bridgehead atoms. The molecule has 1 aromatic heterocycles. The third kappa shape index (κ3) is 2.96. The maximum atomic E-state index is 5.91. The quantitative estimate of drug-likeness (QED) is 0.808. The third-order valence-electron chi connectivity index (χ3n) is 3.50. The molecule has 17 heavy (non-hydrogen) atoms. The summed E-state index contributed by atoms with van der Waals surface area (Å²) in [6.07, 6.45) is 6.38. The van der Waals surface area contributed by atoms with E-state index >= 15 is 0 Å². The Kier molecular flexibility index (Phi) is 3.36. The fourth-order valence-corrected chi connectivity index (χ4v) is 2.41. The molecule has 1 aliphatic carbocycles. The molecule has 0 atom stereocenters. The molecule has 0 saturated heterocycles. The topological polar surface area (TPSA) is 51.8 Å². The first-order valence-electron chi connectivity index (χ1n) is 6.62. The molecule has 0 aliphatic heterocycles. The summed E-state index contributed by atoms with van der Waals surface area (Å²) in [7, 11) is 0. The van der Waals surface area contributed by atoms with Crippen LogP contribution >= 0.6 is 0 Å². The van der Waals surface area contributed by atoms with Crippen molar-refractivity contribution in [2.24, 2.45) is 0 Å². The zero-order valence-electron chi connectivity index (χ0n) is 11.2. The Balaban J connectivity index is 2.31. The molecule has 0 amide bonds. The lowest BCUT2D eigenvalue weighted by molar-refractivity contribution is 0.425. The maximum absolute atomic E-state index is 5.91. The van der Waals surface area contributed by atoms with E-state index in [1.54, 1.807) is 0 Å². The first-order valence-corrected chi connectivity index (χ1v) is 6.62. The van der Waals surface area contributed by atoms with Gasteiger partial charge < -0.3 is 5.73 Å². The Morgan fingerprint density at radius 2 is 1.76 bits per heavy atom. The first kappa shape index (κ1) is 12.3. The van der Waals surface area contributed by atoms with Crippen LogP contribution in [0, 0.1) is 0 Å². The Labute approximate surface area is 104 Å². The molecule has 1 heterocycles. The van der Waals surface area contributed by atoms with Gasteiger partial charge in [-0.1, -0.05) is 40.0 Å². The lowest BCUT2D eigenvalue weighted by atomic mass is 9.87. The second-order valence-electron chi connectivity index (χ2n) is 6.12. The molecule has 0 spiro atoms. The predicted molar refractivity (Wildman–Crippen MR) is 71.0 cm³/mol. The Morgan fingerprint density at radius 3 is 2.35 bits per heavy atom. The highest BCUT2D eigenvalue weighted by Crippen LogP contribution is 2.32. The third-order valence-corrected chi connectivity index (χ3v) is 3.50. The van der Waals surface area contributed by atoms with Crippen molar-refractivity contribution in [3.63, 3.8) is 0 Å². The van der Waals surface area contributed by atoms with Crippen molar-refractivity contribution in [3.8, 4) is 0 Å². The summed E-state index contributed by atoms with van der Waals surface area (Å²) in [5, 5.41) is 0. The molecule has 2 N–H and O–H groups in total. The van der Waals surface area contributed by atoms with Crippen LogP contribution in [0.25, 0.3) is 0 Å². The van der Waals surface area contributed by atoms with Crippen LogP contribution in [0.1, 0.15) is 70.3 Å². The van der Waals surface area contributed by atoms with Gasteiger partial charge in [0.05, 0.1) is 5.69 Å². The minimum Gasteiger partial charge on any atom is -0.384 e. The molecule has 1 aliphatic rings. The van der Waals surface area contributed by atoms with Gasteiger partial charge in [-0.15, -0.1) is 0 Å². The van der Waals surface area contributed by atoms with Gasteiger partial charge in [0.25, 0.3) is 0 Å². The number of rotatable bonds is 1. The molecular formula is C14H23N3. The van der Waals surface area contributed by atoms with E-state index in [0.717, 1.165) is 11.5 Å². The van der Waals surface area contributed by atoms with Crippen LogP contribution in [0.15, 0.2) is 6.07 Å². The van der Waals surface area contributed by atoms with Crippen LogP contribution in [0.4, 0.5) is 5.82 Å². The average Bonchev–Trinajstić information content (AvgIpc) is 2.28. The number of nitrogens with zero attached hydrogens (tertiary/aromatic N) is 2. The molecule has 0 aromatic carbocycles. The predicted octanol–water partition coefficient (Wildman–Crippen LogP) is 3.40. The molecule has 1 fully saturated rings. The van der Waals surface area contributed by atoms with Gasteiger partial charge >= 0.3 is 0 Å². The summed E-state index contributed by atoms with van der Waals surface area (Å²) < 4.78 is 0. The van der Waals surface area contributed by atoms with Gasteiger partial charge in [0, 0.05) is 17.4 Å². The molecular weight excluding hydrogens is 210 g/mol. The smallest absolute Gasteiger partial charge is 0.134 e. The van der Waals surface area contributed by atoms with Gasteiger partial charge in [0.15, 0.2) is 0 Å². The SMILES string of the molecule is CC(C)(C)c1cc(N)nc(C2CCCCC2)n1. The van der Waals surface area contributed by atoms with Gasteiger partial charge in [0.1, 0.15) is 11.6 Å². The zero-order valence-corrected chi connectivity index (χ0v) is 11.2. The van der Waals surface area contributed by atoms with Gasteiger partial charge in [-0.2, -0.15) is 0 Å². The van der Waals surface area contributed by atoms with Crippen molar-refractivity contribution in [1.82, 2.24) is 9.97 Å². The molecule has 3 heteroatoms. The molecule has 1 aromatic rings. The van der Waals surface area contributed by atoms with Crippen molar-refractivity contribution >= 4 is 5.82 Å². The largest absolute Gasteiger partial charge is 0.384 e. The van der Waals surface area contributed by atoms with E-state index in [9.17, 15) is 0 Å². The average molecular weight is 233 g/mol. The van der Waals surface area contributed by atoms with Crippen LogP contribution in [-0.2, 0) is 5.41 Å². The van der Waals surface area contributed by atoms with E-state index in [-0.39, 0.29) is 5.41 Å². The highest BCUT2D eigenvalue weighted by Gasteiger charge is 2.22. The lowest BCUT2D eigenvalue weighted by Crippen LogP contribution is -2.18. The normalized spacial score (nSPS) is 18.3. The maximum Gasteiger partial charge on any atom is 0.134 e. The van der Waals surface area contributed by atoms with E-state index in [4.69, 9.17) is 10.7 Å². The van der Waals surface area contributed by atoms with E-state index < -0.39 is 0 Å². The molecule has 0 radical (unpaired) electrons. The number of hydrogen-bond donors (Lipinski definition) is 1. The number of aromatic nitrogens is 2. The van der Waals surface area contributed by atoms with Crippen molar-refractivity contribution in [3.05, 3.63) is 17.6 Å². The van der Waals surface area contributed by atoms with Crippen molar-refractivity contribution in [2.45, 2.75) is 64.2 Å². The summed E-state index contributed by atoms with van der Waals surface area (Å²) in [6, 6.07) is 1.91. The fourth-order valence-electron chi connectivity index (χ4n) is 2.41. The molecule has 1 saturated carbocycles. The first-order chi connectivity index (χ1) is 7.97. The fraction of sp³-hybridized carbons (Fsp3) is 0.714. The highest BCUT2D eigenvalue weighted by atomic mass is 15.0. The van der Waals surface area contributed by atoms with E-state index in [1.807, 2.05) is 6.07 Å². The van der Waals surface area contributed by atoms with Crippen LogP contribution in [0.2, 0.25) is 0 Å². The van der Waals surface area contributed by atoms with Gasteiger partial charge in [-0.05, 0) is 12.8 Å². The van der Waals surface area contributed by atoms with E-state index in [2.05, 4.69) is 25.8 Å². The van der Waals surface area contributed by atoms with E-state index in [1.165, 1.54) is 32.1 Å². The van der Waals surface area contributed by atoms with Crippen LogP contribution in [-0.4, -0.2) is 9.97 Å². The van der Waals surface area contributed by atoms with E-state index in [0.29, 0.717) is 11.7 Å². The van der Waals surface area contributed by atoms with Gasteiger partial charge in [0.2, 0.25) is 0 Å². The molecule has 2 rings (SSSR count). The summed E-state index contributed by atoms with van der Waals surface area (Å²) in [6.45, 7) is 6.50. The number of nitrogen functional groups attached to an aromatic ring is 1. The van der Waals surface area contributed by atoms with Crippen molar-refractivity contribution in [1.29, 1.82) is 0 Å². The summed E-state index contributed by atoms with van der Waals surface area (Å²) in [5.74, 6) is 2.11. The monoisotopic (exact) mass is 233 g/mol. The summed E-state index contributed by atoms with van der Waals surface area (Å²) in [5.41, 5.74) is 7.01. The highest BCUT2D eigenvalue weighted by molar-refractivity contribution is 5.33. The number of nitrogens with two attached hydrogens (primary N) is 1. The van der Waals surface area contributed by atoms with Crippen molar-refractivity contribution < 1.29 is 0 Å². The lowest BCUT2D eigenvalue weighted by Gasteiger charge is -2.23. The number of anilines is 1. The standard InChI is InChI=1S/C14H23N3/c1-14(2,3)11-9-12(15)17-13(16-11)10-7-5-4-6-8-10/h9-10H,4-8H2,1-3H3,(H2,15,16,17). The van der Waals surface area contributed by atoms with Gasteiger partial charge in [-0.25, -0.2) is 9.97 Å². The minimum atomic E-state index is 0.0421. The second kappa shape index (κ2) is 4.63. The van der Waals surface area contributed by atoms with Crippen LogP contribution in [0.3, 0.4) is 0 Å². The molecule has 94 valence electrons. The second-order valence-corrected chi connectivity index (χ2v) is 6.12. The minimum absolute atomic E-state index is 0.0421. The van der Waals surface area contributed by atoms with Gasteiger partial charge in [-0.3, -0.25) is 0 Å². The van der Waals surface area contributed by atoms with Crippen LogP contribution in [0.5, 0.6) is 0 Å². The Morgan fingerprint density at radius 1 is 1.12 bits per heavy atom. The summed E-state index contributed by atoms with van der Waals surface area (Å²) in [4.78, 5) is 9.18. The Bertz CT molecular complexity index is 387.